The fourth-order valence-electron chi connectivity index (χ4n) is 1.83. The Hall–Kier alpha value is -2.10. The van der Waals surface area contributed by atoms with E-state index < -0.39 is 0 Å². The molecule has 1 heterocycles. The van der Waals surface area contributed by atoms with Gasteiger partial charge in [-0.05, 0) is 30.5 Å². The quantitative estimate of drug-likeness (QED) is 0.913. The Morgan fingerprint density at radius 3 is 2.79 bits per heavy atom. The average molecular weight is 257 g/mol. The summed E-state index contributed by atoms with van der Waals surface area (Å²) in [6.45, 7) is 7.02. The largest absolute Gasteiger partial charge is 0.305 e. The first-order chi connectivity index (χ1) is 9.10. The van der Waals surface area contributed by atoms with Crippen molar-refractivity contribution in [1.82, 2.24) is 9.78 Å². The molecule has 0 radical (unpaired) electrons. The Kier molecular flexibility index (Phi) is 4.00. The average Bonchev–Trinajstić information content (AvgIpc) is 2.86. The normalized spacial score (nSPS) is 10.7. The lowest BCUT2D eigenvalue weighted by molar-refractivity contribution is 0.102. The highest BCUT2D eigenvalue weighted by molar-refractivity contribution is 6.03. The lowest BCUT2D eigenvalue weighted by Gasteiger charge is -2.07. The smallest absolute Gasteiger partial charge is 0.256 e. The van der Waals surface area contributed by atoms with Crippen molar-refractivity contribution in [1.29, 1.82) is 0 Å². The van der Waals surface area contributed by atoms with Crippen LogP contribution in [0.15, 0.2) is 36.5 Å². The molecule has 19 heavy (non-hydrogen) atoms. The van der Waals surface area contributed by atoms with Crippen LogP contribution < -0.4 is 5.32 Å². The van der Waals surface area contributed by atoms with Crippen molar-refractivity contribution in [3.05, 3.63) is 47.7 Å². The van der Waals surface area contributed by atoms with Crippen LogP contribution in [0.2, 0.25) is 0 Å². The van der Waals surface area contributed by atoms with Crippen LogP contribution in [0.5, 0.6) is 0 Å². The van der Waals surface area contributed by atoms with Crippen LogP contribution >= 0.6 is 0 Å². The van der Waals surface area contributed by atoms with Gasteiger partial charge in [0.2, 0.25) is 0 Å². The van der Waals surface area contributed by atoms with Gasteiger partial charge in [0.25, 0.3) is 5.91 Å². The van der Waals surface area contributed by atoms with Crippen LogP contribution in [0.3, 0.4) is 0 Å². The number of hydrogen-bond acceptors (Lipinski definition) is 2. The van der Waals surface area contributed by atoms with E-state index in [2.05, 4.69) is 24.3 Å². The third-order valence-corrected chi connectivity index (χ3v) is 3.02. The number of anilines is 1. The third kappa shape index (κ3) is 3.22. The molecule has 0 unspecified atom stereocenters. The summed E-state index contributed by atoms with van der Waals surface area (Å²) in [4.78, 5) is 12.1. The van der Waals surface area contributed by atoms with Crippen LogP contribution in [0.25, 0.3) is 0 Å². The molecule has 1 amide bonds. The van der Waals surface area contributed by atoms with Gasteiger partial charge in [0.05, 0.1) is 0 Å². The highest BCUT2D eigenvalue weighted by atomic mass is 16.1. The van der Waals surface area contributed by atoms with E-state index in [1.807, 2.05) is 37.4 Å². The molecule has 2 aromatic rings. The second-order valence-electron chi connectivity index (χ2n) is 4.79. The maximum absolute atomic E-state index is 12.1. The lowest BCUT2D eigenvalue weighted by atomic mass is 10.0. The third-order valence-electron chi connectivity index (χ3n) is 3.02. The number of aromatic nitrogens is 2. The van der Waals surface area contributed by atoms with E-state index in [0.29, 0.717) is 17.3 Å². The fraction of sp³-hybridized carbons (Fsp3) is 0.333. The molecule has 4 heteroatoms. The molecule has 0 fully saturated rings. The topological polar surface area (TPSA) is 46.9 Å². The molecule has 2 rings (SSSR count). The molecule has 0 saturated carbocycles. The van der Waals surface area contributed by atoms with E-state index in [9.17, 15) is 4.79 Å². The highest BCUT2D eigenvalue weighted by Crippen LogP contribution is 2.16. The second kappa shape index (κ2) is 5.69. The fourth-order valence-corrected chi connectivity index (χ4v) is 1.83. The number of benzene rings is 1. The van der Waals surface area contributed by atoms with Crippen LogP contribution in [-0.4, -0.2) is 15.7 Å². The number of nitrogens with zero attached hydrogens (tertiary/aromatic N) is 2. The predicted octanol–water partition coefficient (Wildman–Crippen LogP) is 3.28. The van der Waals surface area contributed by atoms with Crippen molar-refractivity contribution >= 4 is 11.7 Å². The first-order valence-corrected chi connectivity index (χ1v) is 6.55. The molecule has 100 valence electrons. The Balaban J connectivity index is 2.13. The van der Waals surface area contributed by atoms with Crippen molar-refractivity contribution in [3.63, 3.8) is 0 Å². The molecule has 1 aromatic heterocycles. The van der Waals surface area contributed by atoms with E-state index in [0.717, 1.165) is 12.1 Å². The molecular formula is C15H19N3O. The number of carbonyl (C=O) groups is 1. The van der Waals surface area contributed by atoms with Gasteiger partial charge in [0.15, 0.2) is 5.82 Å². The van der Waals surface area contributed by atoms with Crippen molar-refractivity contribution in [2.45, 2.75) is 33.2 Å². The molecule has 0 bridgehead atoms. The van der Waals surface area contributed by atoms with Gasteiger partial charge < -0.3 is 5.32 Å². The van der Waals surface area contributed by atoms with Gasteiger partial charge in [-0.15, -0.1) is 0 Å². The summed E-state index contributed by atoms with van der Waals surface area (Å²) in [6, 6.07) is 9.49. The minimum absolute atomic E-state index is 0.121. The van der Waals surface area contributed by atoms with E-state index in [1.54, 1.807) is 10.7 Å². The van der Waals surface area contributed by atoms with Gasteiger partial charge in [-0.25, -0.2) is 0 Å². The summed E-state index contributed by atoms with van der Waals surface area (Å²) < 4.78 is 1.78. The van der Waals surface area contributed by atoms with Crippen LogP contribution in [0.1, 0.15) is 42.6 Å². The maximum atomic E-state index is 12.1. The number of nitrogens with one attached hydrogen (secondary N) is 1. The van der Waals surface area contributed by atoms with E-state index in [4.69, 9.17) is 0 Å². The van der Waals surface area contributed by atoms with Crippen molar-refractivity contribution in [2.75, 3.05) is 5.32 Å². The zero-order chi connectivity index (χ0) is 13.8. The maximum Gasteiger partial charge on any atom is 0.256 e. The summed E-state index contributed by atoms with van der Waals surface area (Å²) in [5.74, 6) is 0.873. The molecule has 0 aliphatic carbocycles. The lowest BCUT2D eigenvalue weighted by Crippen LogP contribution is -2.13. The molecule has 0 saturated heterocycles. The Labute approximate surface area is 113 Å². The molecule has 1 N–H and O–H groups in total. The second-order valence-corrected chi connectivity index (χ2v) is 4.79. The molecule has 1 aromatic carbocycles. The molecule has 4 nitrogen and oxygen atoms in total. The number of rotatable bonds is 4. The molecule has 0 atom stereocenters. The van der Waals surface area contributed by atoms with Crippen molar-refractivity contribution in [2.24, 2.45) is 0 Å². The molecular weight excluding hydrogens is 238 g/mol. The summed E-state index contributed by atoms with van der Waals surface area (Å²) >= 11 is 0. The number of carbonyl (C=O) groups excluding carboxylic acids is 1. The number of amides is 1. The Morgan fingerprint density at radius 1 is 1.37 bits per heavy atom. The monoisotopic (exact) mass is 257 g/mol. The van der Waals surface area contributed by atoms with Gasteiger partial charge in [-0.2, -0.15) is 5.10 Å². The minimum atomic E-state index is -0.121. The first kappa shape index (κ1) is 13.3. The standard InChI is InChI=1S/C15H19N3O/c1-4-18-9-8-14(17-18)16-15(19)13-7-5-6-12(10-13)11(2)3/h5-11H,4H2,1-3H3,(H,16,17,19). The van der Waals surface area contributed by atoms with Crippen molar-refractivity contribution in [3.8, 4) is 0 Å². The zero-order valence-electron chi connectivity index (χ0n) is 11.6. The van der Waals surface area contributed by atoms with E-state index in [-0.39, 0.29) is 5.91 Å². The molecule has 0 spiro atoms. The zero-order valence-corrected chi connectivity index (χ0v) is 11.6. The summed E-state index contributed by atoms with van der Waals surface area (Å²) in [6.07, 6.45) is 1.85. The summed E-state index contributed by atoms with van der Waals surface area (Å²) in [7, 11) is 0. The van der Waals surface area contributed by atoms with Gasteiger partial charge in [0, 0.05) is 24.4 Å². The SMILES string of the molecule is CCn1ccc(NC(=O)c2cccc(C(C)C)c2)n1. The number of hydrogen-bond donors (Lipinski definition) is 1. The van der Waals surface area contributed by atoms with Crippen LogP contribution in [0.4, 0.5) is 5.82 Å². The van der Waals surface area contributed by atoms with E-state index in [1.165, 1.54) is 0 Å². The summed E-state index contributed by atoms with van der Waals surface area (Å²) in [5.41, 5.74) is 1.82. The minimum Gasteiger partial charge on any atom is -0.305 e. The van der Waals surface area contributed by atoms with Gasteiger partial charge >= 0.3 is 0 Å². The molecule has 0 aliphatic rings. The number of aryl methyl sites for hydroxylation is 1. The predicted molar refractivity (Wildman–Crippen MR) is 76.4 cm³/mol. The Morgan fingerprint density at radius 2 is 2.16 bits per heavy atom. The van der Waals surface area contributed by atoms with Gasteiger partial charge in [-0.3, -0.25) is 9.48 Å². The van der Waals surface area contributed by atoms with Crippen molar-refractivity contribution < 1.29 is 4.79 Å². The summed E-state index contributed by atoms with van der Waals surface area (Å²) in [5, 5.41) is 7.04. The first-order valence-electron chi connectivity index (χ1n) is 6.55. The van der Waals surface area contributed by atoms with Crippen LogP contribution in [-0.2, 0) is 6.54 Å². The van der Waals surface area contributed by atoms with Gasteiger partial charge in [0.1, 0.15) is 0 Å². The van der Waals surface area contributed by atoms with Crippen LogP contribution in [0, 0.1) is 0 Å². The molecule has 0 aliphatic heterocycles. The Bertz CT molecular complexity index is 572. The van der Waals surface area contributed by atoms with E-state index >= 15 is 0 Å². The van der Waals surface area contributed by atoms with Gasteiger partial charge in [-0.1, -0.05) is 26.0 Å². The highest BCUT2D eigenvalue weighted by Gasteiger charge is 2.09.